The average molecular weight is 253 g/mol. The van der Waals surface area contributed by atoms with Gasteiger partial charge in [-0.3, -0.25) is 4.79 Å². The quantitative estimate of drug-likeness (QED) is 0.815. The van der Waals surface area contributed by atoms with Crippen molar-refractivity contribution < 1.29 is 4.79 Å². The number of nitrogens with zero attached hydrogens (tertiary/aromatic N) is 2. The SMILES string of the molecule is CN(CC1CCCN1C)C(=O)C1(CN)CCCC1. The Morgan fingerprint density at radius 1 is 1.39 bits per heavy atom. The molecule has 2 aliphatic rings. The number of amides is 1. The summed E-state index contributed by atoms with van der Waals surface area (Å²) in [6.07, 6.45) is 6.73. The molecule has 104 valence electrons. The van der Waals surface area contributed by atoms with Crippen LogP contribution in [0.5, 0.6) is 0 Å². The van der Waals surface area contributed by atoms with Crippen molar-refractivity contribution >= 4 is 5.91 Å². The second kappa shape index (κ2) is 5.57. The highest BCUT2D eigenvalue weighted by atomic mass is 16.2. The van der Waals surface area contributed by atoms with E-state index in [1.165, 1.54) is 12.8 Å². The molecule has 4 nitrogen and oxygen atoms in total. The van der Waals surface area contributed by atoms with Crippen LogP contribution in [0.2, 0.25) is 0 Å². The first-order chi connectivity index (χ1) is 8.59. The van der Waals surface area contributed by atoms with Gasteiger partial charge in [-0.1, -0.05) is 12.8 Å². The van der Waals surface area contributed by atoms with Gasteiger partial charge in [0.25, 0.3) is 0 Å². The molecule has 0 radical (unpaired) electrons. The van der Waals surface area contributed by atoms with Gasteiger partial charge in [0, 0.05) is 26.2 Å². The van der Waals surface area contributed by atoms with Crippen molar-refractivity contribution in [2.24, 2.45) is 11.1 Å². The lowest BCUT2D eigenvalue weighted by molar-refractivity contribution is -0.140. The van der Waals surface area contributed by atoms with Gasteiger partial charge >= 0.3 is 0 Å². The third-order valence-corrected chi connectivity index (χ3v) is 4.91. The number of likely N-dealkylation sites (N-methyl/N-ethyl adjacent to an activating group) is 2. The minimum atomic E-state index is -0.244. The van der Waals surface area contributed by atoms with Gasteiger partial charge in [-0.2, -0.15) is 0 Å². The fraction of sp³-hybridized carbons (Fsp3) is 0.929. The Labute approximate surface area is 110 Å². The number of rotatable bonds is 4. The molecule has 1 aliphatic heterocycles. The first-order valence-corrected chi connectivity index (χ1v) is 7.25. The summed E-state index contributed by atoms with van der Waals surface area (Å²) in [5, 5.41) is 0. The fourth-order valence-electron chi connectivity index (χ4n) is 3.57. The summed E-state index contributed by atoms with van der Waals surface area (Å²) in [6, 6.07) is 0.537. The lowest BCUT2D eigenvalue weighted by Crippen LogP contribution is -2.48. The molecule has 2 N–H and O–H groups in total. The molecular formula is C14H27N3O. The minimum Gasteiger partial charge on any atom is -0.344 e. The van der Waals surface area contributed by atoms with Crippen LogP contribution >= 0.6 is 0 Å². The second-order valence-electron chi connectivity index (χ2n) is 6.15. The minimum absolute atomic E-state index is 0.244. The Morgan fingerprint density at radius 2 is 2.06 bits per heavy atom. The van der Waals surface area contributed by atoms with Crippen molar-refractivity contribution in [3.8, 4) is 0 Å². The van der Waals surface area contributed by atoms with E-state index in [2.05, 4.69) is 11.9 Å². The smallest absolute Gasteiger partial charge is 0.229 e. The summed E-state index contributed by atoms with van der Waals surface area (Å²) >= 11 is 0. The number of nitrogens with two attached hydrogens (primary N) is 1. The van der Waals surface area contributed by atoms with Gasteiger partial charge in [-0.25, -0.2) is 0 Å². The molecule has 18 heavy (non-hydrogen) atoms. The maximum absolute atomic E-state index is 12.6. The number of hydrogen-bond acceptors (Lipinski definition) is 3. The van der Waals surface area contributed by atoms with Crippen LogP contribution in [0.15, 0.2) is 0 Å². The van der Waals surface area contributed by atoms with Crippen LogP contribution in [0.4, 0.5) is 0 Å². The van der Waals surface area contributed by atoms with E-state index in [1.54, 1.807) is 0 Å². The molecule has 0 aromatic carbocycles. The molecule has 1 saturated carbocycles. The Kier molecular flexibility index (Phi) is 4.28. The summed E-state index contributed by atoms with van der Waals surface area (Å²) in [6.45, 7) is 2.53. The van der Waals surface area contributed by atoms with Crippen molar-refractivity contribution in [3.63, 3.8) is 0 Å². The van der Waals surface area contributed by atoms with Crippen LogP contribution < -0.4 is 5.73 Å². The van der Waals surface area contributed by atoms with E-state index in [-0.39, 0.29) is 11.3 Å². The van der Waals surface area contributed by atoms with E-state index < -0.39 is 0 Å². The number of carbonyl (C=O) groups is 1. The van der Waals surface area contributed by atoms with Gasteiger partial charge in [0.05, 0.1) is 5.41 Å². The second-order valence-corrected chi connectivity index (χ2v) is 6.15. The summed E-state index contributed by atoms with van der Waals surface area (Å²) in [4.78, 5) is 16.9. The lowest BCUT2D eigenvalue weighted by atomic mass is 9.84. The molecule has 2 fully saturated rings. The molecule has 1 unspecified atom stereocenters. The molecule has 0 aromatic rings. The summed E-state index contributed by atoms with van der Waals surface area (Å²) in [7, 11) is 4.11. The lowest BCUT2D eigenvalue weighted by Gasteiger charge is -2.33. The topological polar surface area (TPSA) is 49.6 Å². The van der Waals surface area contributed by atoms with Gasteiger partial charge in [-0.15, -0.1) is 0 Å². The van der Waals surface area contributed by atoms with E-state index in [0.29, 0.717) is 12.6 Å². The maximum atomic E-state index is 12.6. The maximum Gasteiger partial charge on any atom is 0.229 e. The molecular weight excluding hydrogens is 226 g/mol. The van der Waals surface area contributed by atoms with Crippen LogP contribution in [0.25, 0.3) is 0 Å². The summed E-state index contributed by atoms with van der Waals surface area (Å²) in [5.74, 6) is 0.280. The van der Waals surface area contributed by atoms with Gasteiger partial charge in [0.2, 0.25) is 5.91 Å². The number of likely N-dealkylation sites (tertiary alicyclic amines) is 1. The third kappa shape index (κ3) is 2.54. The zero-order chi connectivity index (χ0) is 13.2. The van der Waals surface area contributed by atoms with Crippen molar-refractivity contribution in [2.45, 2.75) is 44.6 Å². The third-order valence-electron chi connectivity index (χ3n) is 4.91. The fourth-order valence-corrected chi connectivity index (χ4v) is 3.57. The first-order valence-electron chi connectivity index (χ1n) is 7.25. The predicted molar refractivity (Wildman–Crippen MR) is 73.2 cm³/mol. The Balaban J connectivity index is 1.95. The Hall–Kier alpha value is -0.610. The molecule has 2 rings (SSSR count). The standard InChI is InChI=1S/C14H27N3O/c1-16-9-5-6-12(16)10-17(2)13(18)14(11-15)7-3-4-8-14/h12H,3-11,15H2,1-2H3. The highest BCUT2D eigenvalue weighted by molar-refractivity contribution is 5.83. The van der Waals surface area contributed by atoms with E-state index in [1.807, 2.05) is 11.9 Å². The molecule has 0 spiro atoms. The molecule has 1 heterocycles. The van der Waals surface area contributed by atoms with Crippen molar-refractivity contribution in [3.05, 3.63) is 0 Å². The summed E-state index contributed by atoms with van der Waals surface area (Å²) < 4.78 is 0. The van der Waals surface area contributed by atoms with E-state index in [9.17, 15) is 4.79 Å². The normalized spacial score (nSPS) is 27.6. The number of carbonyl (C=O) groups excluding carboxylic acids is 1. The first kappa shape index (κ1) is 13.8. The molecule has 4 heteroatoms. The van der Waals surface area contributed by atoms with E-state index >= 15 is 0 Å². The zero-order valence-corrected chi connectivity index (χ0v) is 11.8. The van der Waals surface area contributed by atoms with Crippen LogP contribution in [0.3, 0.4) is 0 Å². The highest BCUT2D eigenvalue weighted by Crippen LogP contribution is 2.38. The monoisotopic (exact) mass is 253 g/mol. The molecule has 1 atom stereocenters. The van der Waals surface area contributed by atoms with Gasteiger partial charge < -0.3 is 15.5 Å². The Bertz CT molecular complexity index is 299. The molecule has 1 aliphatic carbocycles. The highest BCUT2D eigenvalue weighted by Gasteiger charge is 2.42. The average Bonchev–Trinajstić information content (AvgIpc) is 2.99. The van der Waals surface area contributed by atoms with E-state index in [0.717, 1.165) is 38.8 Å². The molecule has 0 aromatic heterocycles. The van der Waals surface area contributed by atoms with Crippen LogP contribution in [0.1, 0.15) is 38.5 Å². The largest absolute Gasteiger partial charge is 0.344 e. The summed E-state index contributed by atoms with van der Waals surface area (Å²) in [5.41, 5.74) is 5.64. The van der Waals surface area contributed by atoms with Crippen LogP contribution in [-0.2, 0) is 4.79 Å². The van der Waals surface area contributed by atoms with Gasteiger partial charge in [0.1, 0.15) is 0 Å². The van der Waals surface area contributed by atoms with Crippen LogP contribution in [0, 0.1) is 5.41 Å². The van der Waals surface area contributed by atoms with Crippen LogP contribution in [-0.4, -0.2) is 55.5 Å². The van der Waals surface area contributed by atoms with Crippen molar-refractivity contribution in [2.75, 3.05) is 33.7 Å². The predicted octanol–water partition coefficient (Wildman–Crippen LogP) is 1.06. The Morgan fingerprint density at radius 3 is 2.56 bits per heavy atom. The number of hydrogen-bond donors (Lipinski definition) is 1. The van der Waals surface area contributed by atoms with Crippen molar-refractivity contribution in [1.82, 2.24) is 9.80 Å². The van der Waals surface area contributed by atoms with Gasteiger partial charge in [0.15, 0.2) is 0 Å². The van der Waals surface area contributed by atoms with Gasteiger partial charge in [-0.05, 0) is 39.3 Å². The molecule has 1 saturated heterocycles. The zero-order valence-electron chi connectivity index (χ0n) is 11.8. The van der Waals surface area contributed by atoms with E-state index in [4.69, 9.17) is 5.73 Å². The van der Waals surface area contributed by atoms with Crippen molar-refractivity contribution in [1.29, 1.82) is 0 Å². The molecule has 0 bridgehead atoms. The molecule has 1 amide bonds.